The average Bonchev–Trinajstić information content (AvgIpc) is 2.39. The second-order valence-electron chi connectivity index (χ2n) is 3.98. The van der Waals surface area contributed by atoms with Crippen molar-refractivity contribution in [3.05, 3.63) is 66.0 Å². The highest BCUT2D eigenvalue weighted by Gasteiger charge is 2.11. The lowest BCUT2D eigenvalue weighted by Crippen LogP contribution is -2.02. The maximum atomic E-state index is 10.8. The fourth-order valence-corrected chi connectivity index (χ4v) is 3.12. The predicted molar refractivity (Wildman–Crippen MR) is 87.3 cm³/mol. The number of anilines is 1. The van der Waals surface area contributed by atoms with Crippen molar-refractivity contribution in [3.8, 4) is 0 Å². The molecule has 0 saturated carbocycles. The van der Waals surface area contributed by atoms with Gasteiger partial charge in [0.25, 0.3) is 5.69 Å². The molecule has 2 aromatic carbocycles. The van der Waals surface area contributed by atoms with Gasteiger partial charge in [-0.3, -0.25) is 10.1 Å². The lowest BCUT2D eigenvalue weighted by molar-refractivity contribution is -0.384. The Morgan fingerprint density at radius 3 is 2.45 bits per heavy atom. The summed E-state index contributed by atoms with van der Waals surface area (Å²) in [5.74, 6) is 0. The molecule has 1 N–H and O–H groups in total. The third-order valence-electron chi connectivity index (χ3n) is 2.66. The van der Waals surface area contributed by atoms with Crippen LogP contribution >= 0.6 is 43.5 Å². The molecule has 0 bridgehead atoms. The number of benzene rings is 2. The molecule has 0 radical (unpaired) electrons. The van der Waals surface area contributed by atoms with Crippen LogP contribution in [0.3, 0.4) is 0 Å². The fraction of sp³-hybridized carbons (Fsp3) is 0.0769. The Hall–Kier alpha value is -1.11. The van der Waals surface area contributed by atoms with Crippen molar-refractivity contribution in [2.75, 3.05) is 5.32 Å². The van der Waals surface area contributed by atoms with Gasteiger partial charge in [-0.1, -0.05) is 17.7 Å². The first-order valence-electron chi connectivity index (χ1n) is 5.59. The van der Waals surface area contributed by atoms with Gasteiger partial charge in [-0.05, 0) is 55.6 Å². The van der Waals surface area contributed by atoms with Gasteiger partial charge >= 0.3 is 0 Å². The molecule has 0 spiro atoms. The molecule has 0 amide bonds. The van der Waals surface area contributed by atoms with Crippen LogP contribution < -0.4 is 5.32 Å². The number of non-ortho nitro benzene ring substituents is 1. The first kappa shape index (κ1) is 15.3. The molecule has 0 unspecified atom stereocenters. The Balaban J connectivity index is 2.23. The summed E-state index contributed by atoms with van der Waals surface area (Å²) >= 11 is 12.9. The Bertz CT molecular complexity index is 645. The molecular formula is C13H9Br2ClN2O2. The number of halogens is 3. The number of nitrogens with one attached hydrogen (secondary N) is 1. The minimum Gasteiger partial charge on any atom is -0.379 e. The molecule has 0 saturated heterocycles. The third kappa shape index (κ3) is 3.50. The summed E-state index contributed by atoms with van der Waals surface area (Å²) in [6.07, 6.45) is 0. The van der Waals surface area contributed by atoms with Gasteiger partial charge in [0.15, 0.2) is 0 Å². The fourth-order valence-electron chi connectivity index (χ4n) is 1.66. The van der Waals surface area contributed by atoms with E-state index in [0.717, 1.165) is 14.6 Å². The Kier molecular flexibility index (Phi) is 5.01. The zero-order chi connectivity index (χ0) is 14.7. The highest BCUT2D eigenvalue weighted by atomic mass is 79.9. The Labute approximate surface area is 137 Å². The van der Waals surface area contributed by atoms with E-state index < -0.39 is 4.92 Å². The number of rotatable bonds is 4. The van der Waals surface area contributed by atoms with E-state index >= 15 is 0 Å². The minimum atomic E-state index is -0.436. The molecular weight excluding hydrogens is 411 g/mol. The number of hydrogen-bond acceptors (Lipinski definition) is 3. The molecule has 4 nitrogen and oxygen atoms in total. The van der Waals surface area contributed by atoms with Gasteiger partial charge in [0.05, 0.1) is 10.6 Å². The summed E-state index contributed by atoms with van der Waals surface area (Å²) in [6.45, 7) is 0.391. The number of para-hydroxylation sites is 1. The standard InChI is InChI=1S/C13H9Br2ClN2O2/c14-10-2-1-3-11(15)13(10)17-7-8-6-9(18(19)20)4-5-12(8)16/h1-6,17H,7H2. The van der Waals surface area contributed by atoms with Crippen LogP contribution in [0.4, 0.5) is 11.4 Å². The van der Waals surface area contributed by atoms with E-state index in [1.54, 1.807) is 0 Å². The Morgan fingerprint density at radius 2 is 1.85 bits per heavy atom. The molecule has 20 heavy (non-hydrogen) atoms. The van der Waals surface area contributed by atoms with Crippen molar-refractivity contribution in [3.63, 3.8) is 0 Å². The SMILES string of the molecule is O=[N+]([O-])c1ccc(Cl)c(CNc2c(Br)cccc2Br)c1. The maximum Gasteiger partial charge on any atom is 0.269 e. The normalized spacial score (nSPS) is 10.3. The van der Waals surface area contributed by atoms with Gasteiger partial charge in [0.2, 0.25) is 0 Å². The molecule has 0 aliphatic carbocycles. The molecule has 104 valence electrons. The average molecular weight is 420 g/mol. The highest BCUT2D eigenvalue weighted by molar-refractivity contribution is 9.11. The monoisotopic (exact) mass is 418 g/mol. The van der Waals surface area contributed by atoms with E-state index in [2.05, 4.69) is 37.2 Å². The van der Waals surface area contributed by atoms with E-state index in [-0.39, 0.29) is 5.69 Å². The van der Waals surface area contributed by atoms with Crippen molar-refractivity contribution >= 4 is 54.8 Å². The first-order chi connectivity index (χ1) is 9.49. The molecule has 2 rings (SSSR count). The quantitative estimate of drug-likeness (QED) is 0.533. The summed E-state index contributed by atoms with van der Waals surface area (Å²) < 4.78 is 1.79. The van der Waals surface area contributed by atoms with Gasteiger partial charge in [-0.25, -0.2) is 0 Å². The third-order valence-corrected chi connectivity index (χ3v) is 4.35. The number of nitro benzene ring substituents is 1. The van der Waals surface area contributed by atoms with Crippen molar-refractivity contribution in [1.82, 2.24) is 0 Å². The van der Waals surface area contributed by atoms with Gasteiger partial charge in [0, 0.05) is 32.6 Å². The molecule has 7 heteroatoms. The largest absolute Gasteiger partial charge is 0.379 e. The molecule has 0 heterocycles. The highest BCUT2D eigenvalue weighted by Crippen LogP contribution is 2.31. The lowest BCUT2D eigenvalue weighted by atomic mass is 10.2. The zero-order valence-corrected chi connectivity index (χ0v) is 14.0. The summed E-state index contributed by atoms with van der Waals surface area (Å²) in [5.41, 5.74) is 1.57. The van der Waals surface area contributed by atoms with E-state index in [4.69, 9.17) is 11.6 Å². The summed E-state index contributed by atoms with van der Waals surface area (Å²) in [6, 6.07) is 10.1. The summed E-state index contributed by atoms with van der Waals surface area (Å²) in [7, 11) is 0. The number of nitrogens with zero attached hydrogens (tertiary/aromatic N) is 1. The van der Waals surface area contributed by atoms with Crippen LogP contribution in [0.5, 0.6) is 0 Å². The predicted octanol–water partition coefficient (Wildman–Crippen LogP) is 5.39. The van der Waals surface area contributed by atoms with Crippen molar-refractivity contribution < 1.29 is 4.92 Å². The topological polar surface area (TPSA) is 55.2 Å². The zero-order valence-electron chi connectivity index (χ0n) is 10.1. The van der Waals surface area contributed by atoms with Crippen LogP contribution in [0.15, 0.2) is 45.3 Å². The summed E-state index contributed by atoms with van der Waals surface area (Å²) in [5, 5.41) is 14.5. The maximum absolute atomic E-state index is 10.8. The smallest absolute Gasteiger partial charge is 0.269 e. The molecule has 0 atom stereocenters. The van der Waals surface area contributed by atoms with E-state index in [1.807, 2.05) is 18.2 Å². The minimum absolute atomic E-state index is 0.0254. The van der Waals surface area contributed by atoms with Crippen LogP contribution in [-0.2, 0) is 6.54 Å². The second-order valence-corrected chi connectivity index (χ2v) is 6.10. The number of nitro groups is 1. The molecule has 0 aliphatic rings. The van der Waals surface area contributed by atoms with E-state index in [1.165, 1.54) is 18.2 Å². The van der Waals surface area contributed by atoms with Crippen LogP contribution in [0.1, 0.15) is 5.56 Å². The van der Waals surface area contributed by atoms with Gasteiger partial charge < -0.3 is 5.32 Å². The molecule has 2 aromatic rings. The van der Waals surface area contributed by atoms with E-state index in [0.29, 0.717) is 17.1 Å². The van der Waals surface area contributed by atoms with Gasteiger partial charge in [0.1, 0.15) is 0 Å². The van der Waals surface area contributed by atoms with Crippen molar-refractivity contribution in [2.45, 2.75) is 6.54 Å². The first-order valence-corrected chi connectivity index (χ1v) is 7.56. The van der Waals surface area contributed by atoms with E-state index in [9.17, 15) is 10.1 Å². The molecule has 0 aromatic heterocycles. The molecule has 0 fully saturated rings. The van der Waals surface area contributed by atoms with Crippen LogP contribution in [-0.4, -0.2) is 4.92 Å². The number of hydrogen-bond donors (Lipinski definition) is 1. The lowest BCUT2D eigenvalue weighted by Gasteiger charge is -2.11. The van der Waals surface area contributed by atoms with Crippen molar-refractivity contribution in [1.29, 1.82) is 0 Å². The van der Waals surface area contributed by atoms with Crippen LogP contribution in [0.2, 0.25) is 5.02 Å². The van der Waals surface area contributed by atoms with Crippen LogP contribution in [0.25, 0.3) is 0 Å². The second kappa shape index (κ2) is 6.56. The van der Waals surface area contributed by atoms with Crippen molar-refractivity contribution in [2.24, 2.45) is 0 Å². The molecule has 0 aliphatic heterocycles. The van der Waals surface area contributed by atoms with Gasteiger partial charge in [-0.2, -0.15) is 0 Å². The van der Waals surface area contributed by atoms with Gasteiger partial charge in [-0.15, -0.1) is 0 Å². The van der Waals surface area contributed by atoms with Crippen LogP contribution in [0, 0.1) is 10.1 Å². The summed E-state index contributed by atoms with van der Waals surface area (Å²) in [4.78, 5) is 10.3. The Morgan fingerprint density at radius 1 is 1.20 bits per heavy atom.